The Labute approximate surface area is 118 Å². The molecule has 1 aliphatic heterocycles. The number of hydrogen-bond acceptors (Lipinski definition) is 3. The van der Waals surface area contributed by atoms with E-state index in [0.29, 0.717) is 19.2 Å². The standard InChI is InChI=1S/C13H15F4N3O/c14-9-2-1-8(10(5-9)13(15,16)17)7-20-4-3-19-6-11(20)12(18)21/h1-2,5,11,19H,3-4,6-7H2,(H2,18,21). The molecule has 1 saturated heterocycles. The Morgan fingerprint density at radius 2 is 2.14 bits per heavy atom. The maximum absolute atomic E-state index is 13.1. The zero-order valence-corrected chi connectivity index (χ0v) is 11.1. The molecule has 1 fully saturated rings. The summed E-state index contributed by atoms with van der Waals surface area (Å²) in [4.78, 5) is 12.9. The summed E-state index contributed by atoms with van der Waals surface area (Å²) in [6.45, 7) is 1.12. The average molecular weight is 305 g/mol. The lowest BCUT2D eigenvalue weighted by molar-refractivity contribution is -0.138. The van der Waals surface area contributed by atoms with Gasteiger partial charge in [0.05, 0.1) is 5.56 Å². The molecule has 3 N–H and O–H groups in total. The van der Waals surface area contributed by atoms with Crippen LogP contribution in [0.1, 0.15) is 11.1 Å². The predicted octanol–water partition coefficient (Wildman–Crippen LogP) is 1.10. The summed E-state index contributed by atoms with van der Waals surface area (Å²) >= 11 is 0. The molecule has 8 heteroatoms. The normalized spacial score (nSPS) is 20.5. The number of nitrogens with one attached hydrogen (secondary N) is 1. The lowest BCUT2D eigenvalue weighted by Crippen LogP contribution is -2.56. The number of amides is 1. The van der Waals surface area contributed by atoms with E-state index in [1.807, 2.05) is 0 Å². The molecule has 1 aliphatic rings. The van der Waals surface area contributed by atoms with Gasteiger partial charge in [0.25, 0.3) is 0 Å². The third-order valence-electron chi connectivity index (χ3n) is 3.43. The number of halogens is 4. The second kappa shape index (κ2) is 5.98. The van der Waals surface area contributed by atoms with Crippen molar-refractivity contribution in [2.75, 3.05) is 19.6 Å². The highest BCUT2D eigenvalue weighted by Gasteiger charge is 2.35. The van der Waals surface area contributed by atoms with Crippen LogP contribution in [0.3, 0.4) is 0 Å². The lowest BCUT2D eigenvalue weighted by atomic mass is 10.0. The summed E-state index contributed by atoms with van der Waals surface area (Å²) in [5.41, 5.74) is 4.16. The first-order valence-corrected chi connectivity index (χ1v) is 6.39. The van der Waals surface area contributed by atoms with Crippen LogP contribution in [-0.2, 0) is 17.5 Å². The SMILES string of the molecule is NC(=O)C1CNCCN1Cc1ccc(F)cc1C(F)(F)F. The van der Waals surface area contributed by atoms with E-state index in [2.05, 4.69) is 5.32 Å². The summed E-state index contributed by atoms with van der Waals surface area (Å²) in [5.74, 6) is -1.55. The number of rotatable bonds is 3. The van der Waals surface area contributed by atoms with Gasteiger partial charge < -0.3 is 11.1 Å². The van der Waals surface area contributed by atoms with Crippen LogP contribution in [-0.4, -0.2) is 36.5 Å². The minimum absolute atomic E-state index is 0.0722. The van der Waals surface area contributed by atoms with Crippen LogP contribution >= 0.6 is 0 Å². The van der Waals surface area contributed by atoms with Crippen LogP contribution in [0.25, 0.3) is 0 Å². The largest absolute Gasteiger partial charge is 0.416 e. The highest BCUT2D eigenvalue weighted by molar-refractivity contribution is 5.80. The fraction of sp³-hybridized carbons (Fsp3) is 0.462. The van der Waals surface area contributed by atoms with E-state index in [-0.39, 0.29) is 18.7 Å². The van der Waals surface area contributed by atoms with Gasteiger partial charge >= 0.3 is 6.18 Å². The van der Waals surface area contributed by atoms with Crippen molar-refractivity contribution in [3.05, 3.63) is 35.1 Å². The van der Waals surface area contributed by atoms with Gasteiger partial charge in [-0.25, -0.2) is 4.39 Å². The number of nitrogens with two attached hydrogens (primary N) is 1. The molecule has 0 saturated carbocycles. The fourth-order valence-electron chi connectivity index (χ4n) is 2.39. The molecule has 4 nitrogen and oxygen atoms in total. The molecule has 1 heterocycles. The van der Waals surface area contributed by atoms with Crippen molar-refractivity contribution >= 4 is 5.91 Å². The third kappa shape index (κ3) is 3.70. The van der Waals surface area contributed by atoms with Gasteiger partial charge in [-0.15, -0.1) is 0 Å². The monoisotopic (exact) mass is 305 g/mol. The molecule has 1 atom stereocenters. The molecule has 2 rings (SSSR count). The minimum atomic E-state index is -4.65. The van der Waals surface area contributed by atoms with Crippen LogP contribution in [0.15, 0.2) is 18.2 Å². The molecule has 0 spiro atoms. The van der Waals surface area contributed by atoms with Crippen LogP contribution in [0.2, 0.25) is 0 Å². The summed E-state index contributed by atoms with van der Waals surface area (Å²) < 4.78 is 51.9. The number of primary amides is 1. The fourth-order valence-corrected chi connectivity index (χ4v) is 2.39. The maximum atomic E-state index is 13.1. The molecule has 0 radical (unpaired) electrons. The zero-order valence-electron chi connectivity index (χ0n) is 11.1. The van der Waals surface area contributed by atoms with Crippen LogP contribution in [0.5, 0.6) is 0 Å². The number of hydrogen-bond donors (Lipinski definition) is 2. The quantitative estimate of drug-likeness (QED) is 0.822. The van der Waals surface area contributed by atoms with Gasteiger partial charge in [0.1, 0.15) is 11.9 Å². The van der Waals surface area contributed by atoms with E-state index in [1.165, 1.54) is 0 Å². The minimum Gasteiger partial charge on any atom is -0.368 e. The first-order valence-electron chi connectivity index (χ1n) is 6.39. The van der Waals surface area contributed by atoms with Gasteiger partial charge in [-0.2, -0.15) is 13.2 Å². The Morgan fingerprint density at radius 1 is 1.43 bits per heavy atom. The lowest BCUT2D eigenvalue weighted by Gasteiger charge is -2.34. The van der Waals surface area contributed by atoms with E-state index >= 15 is 0 Å². The summed E-state index contributed by atoms with van der Waals surface area (Å²) in [5, 5.41) is 2.96. The first kappa shape index (κ1) is 15.7. The van der Waals surface area contributed by atoms with E-state index in [9.17, 15) is 22.4 Å². The van der Waals surface area contributed by atoms with Gasteiger partial charge in [-0.3, -0.25) is 9.69 Å². The summed E-state index contributed by atoms with van der Waals surface area (Å²) in [6, 6.07) is 1.87. The first-order chi connectivity index (χ1) is 9.79. The van der Waals surface area contributed by atoms with Crippen molar-refractivity contribution in [3.63, 3.8) is 0 Å². The summed E-state index contributed by atoms with van der Waals surface area (Å²) in [7, 11) is 0. The molecule has 1 amide bonds. The molecule has 21 heavy (non-hydrogen) atoms. The number of benzene rings is 1. The van der Waals surface area contributed by atoms with Crippen LogP contribution in [0, 0.1) is 5.82 Å². The number of nitrogens with zero attached hydrogens (tertiary/aromatic N) is 1. The Morgan fingerprint density at radius 3 is 2.76 bits per heavy atom. The Kier molecular flexibility index (Phi) is 4.48. The molecular formula is C13H15F4N3O. The molecule has 0 aromatic heterocycles. The second-order valence-corrected chi connectivity index (χ2v) is 4.89. The van der Waals surface area contributed by atoms with Crippen molar-refractivity contribution in [3.8, 4) is 0 Å². The van der Waals surface area contributed by atoms with E-state index < -0.39 is 29.5 Å². The van der Waals surface area contributed by atoms with E-state index in [1.54, 1.807) is 4.90 Å². The summed E-state index contributed by atoms with van der Waals surface area (Å²) in [6.07, 6.45) is -4.65. The molecule has 116 valence electrons. The van der Waals surface area contributed by atoms with Crippen molar-refractivity contribution in [1.29, 1.82) is 0 Å². The maximum Gasteiger partial charge on any atom is 0.416 e. The van der Waals surface area contributed by atoms with E-state index in [4.69, 9.17) is 5.73 Å². The molecule has 0 bridgehead atoms. The van der Waals surface area contributed by atoms with Gasteiger partial charge in [0.15, 0.2) is 0 Å². The molecular weight excluding hydrogens is 290 g/mol. The zero-order chi connectivity index (χ0) is 15.6. The van der Waals surface area contributed by atoms with Gasteiger partial charge in [0, 0.05) is 26.2 Å². The Hall–Kier alpha value is -1.67. The van der Waals surface area contributed by atoms with Crippen molar-refractivity contribution in [2.45, 2.75) is 18.8 Å². The number of piperazine rings is 1. The smallest absolute Gasteiger partial charge is 0.368 e. The molecule has 1 unspecified atom stereocenters. The number of alkyl halides is 3. The van der Waals surface area contributed by atoms with Gasteiger partial charge in [-0.1, -0.05) is 6.07 Å². The topological polar surface area (TPSA) is 58.4 Å². The highest BCUT2D eigenvalue weighted by Crippen LogP contribution is 2.33. The Balaban J connectivity index is 2.28. The highest BCUT2D eigenvalue weighted by atomic mass is 19.4. The van der Waals surface area contributed by atoms with Crippen LogP contribution < -0.4 is 11.1 Å². The van der Waals surface area contributed by atoms with Crippen molar-refractivity contribution in [2.24, 2.45) is 5.73 Å². The average Bonchev–Trinajstić information content (AvgIpc) is 2.40. The number of carbonyl (C=O) groups excluding carboxylic acids is 1. The second-order valence-electron chi connectivity index (χ2n) is 4.89. The molecule has 0 aliphatic carbocycles. The number of carbonyl (C=O) groups is 1. The molecule has 1 aromatic rings. The van der Waals surface area contributed by atoms with Crippen molar-refractivity contribution < 1.29 is 22.4 Å². The third-order valence-corrected chi connectivity index (χ3v) is 3.43. The van der Waals surface area contributed by atoms with Gasteiger partial charge in [0.2, 0.25) is 5.91 Å². The molecule has 1 aromatic carbocycles. The predicted molar refractivity (Wildman–Crippen MR) is 67.7 cm³/mol. The van der Waals surface area contributed by atoms with Crippen LogP contribution in [0.4, 0.5) is 17.6 Å². The van der Waals surface area contributed by atoms with E-state index in [0.717, 1.165) is 12.1 Å². The van der Waals surface area contributed by atoms with Gasteiger partial charge in [-0.05, 0) is 17.7 Å². The van der Waals surface area contributed by atoms with Crippen molar-refractivity contribution in [1.82, 2.24) is 10.2 Å². The Bertz CT molecular complexity index is 533.